The van der Waals surface area contributed by atoms with Crippen LogP contribution in [0.2, 0.25) is 0 Å². The Bertz CT molecular complexity index is 1030. The van der Waals surface area contributed by atoms with Crippen molar-refractivity contribution in [3.8, 4) is 0 Å². The van der Waals surface area contributed by atoms with Crippen molar-refractivity contribution in [3.63, 3.8) is 0 Å². The van der Waals surface area contributed by atoms with Crippen LogP contribution in [-0.4, -0.2) is 21.1 Å². The van der Waals surface area contributed by atoms with E-state index in [-0.39, 0.29) is 5.82 Å². The van der Waals surface area contributed by atoms with Gasteiger partial charge < -0.3 is 14.5 Å². The summed E-state index contributed by atoms with van der Waals surface area (Å²) in [7, 11) is 6.25. The summed E-state index contributed by atoms with van der Waals surface area (Å²) in [6, 6.07) is 20.0. The van der Waals surface area contributed by atoms with Crippen molar-refractivity contribution in [1.82, 2.24) is 0 Å². The molecular formula is C29H38FN3S. The summed E-state index contributed by atoms with van der Waals surface area (Å²) in [6.45, 7) is 5.28. The standard InChI is InChI=1S/C29H38FN3S/c1-6-8-10-24-19-28(29(32(3)4)20-23(24)9-7-2)31-34-27-17-11-22(12-18-27)21-33(5)26-15-13-25(30)14-16-26/h11-20,31H,6-10,21H2,1-5H3. The number of hydrogen-bond donors (Lipinski definition) is 1. The van der Waals surface area contributed by atoms with E-state index in [1.165, 1.54) is 57.9 Å². The third-order valence-corrected chi connectivity index (χ3v) is 6.84. The summed E-state index contributed by atoms with van der Waals surface area (Å²) < 4.78 is 16.8. The average molecular weight is 480 g/mol. The number of nitrogens with zero attached hydrogens (tertiary/aromatic N) is 2. The molecule has 0 atom stereocenters. The molecule has 0 spiro atoms. The van der Waals surface area contributed by atoms with E-state index in [0.29, 0.717) is 0 Å². The molecule has 0 fully saturated rings. The van der Waals surface area contributed by atoms with Crippen LogP contribution in [0.15, 0.2) is 65.6 Å². The van der Waals surface area contributed by atoms with Crippen LogP contribution < -0.4 is 14.5 Å². The van der Waals surface area contributed by atoms with Crippen molar-refractivity contribution in [2.75, 3.05) is 35.7 Å². The third-order valence-electron chi connectivity index (χ3n) is 6.01. The second kappa shape index (κ2) is 12.7. The molecule has 0 aromatic heterocycles. The number of aryl methyl sites for hydroxylation is 2. The SMILES string of the molecule is CCCCc1cc(NSc2ccc(CN(C)c3ccc(F)cc3)cc2)c(N(C)C)cc1CCC. The number of benzene rings is 3. The van der Waals surface area contributed by atoms with Crippen LogP contribution in [-0.2, 0) is 19.4 Å². The summed E-state index contributed by atoms with van der Waals surface area (Å²) in [5.74, 6) is -0.207. The summed E-state index contributed by atoms with van der Waals surface area (Å²) >= 11 is 1.65. The quantitative estimate of drug-likeness (QED) is 0.266. The van der Waals surface area contributed by atoms with Crippen LogP contribution in [0.1, 0.15) is 49.8 Å². The van der Waals surface area contributed by atoms with Crippen LogP contribution in [0.25, 0.3) is 0 Å². The largest absolute Gasteiger partial charge is 0.376 e. The van der Waals surface area contributed by atoms with Gasteiger partial charge in [0.15, 0.2) is 0 Å². The first-order chi connectivity index (χ1) is 16.4. The van der Waals surface area contributed by atoms with E-state index < -0.39 is 0 Å². The van der Waals surface area contributed by atoms with Gasteiger partial charge in [-0.2, -0.15) is 0 Å². The van der Waals surface area contributed by atoms with Crippen molar-refractivity contribution < 1.29 is 4.39 Å². The van der Waals surface area contributed by atoms with Crippen molar-refractivity contribution in [2.45, 2.75) is 57.4 Å². The molecule has 0 unspecified atom stereocenters. The normalized spacial score (nSPS) is 10.9. The lowest BCUT2D eigenvalue weighted by atomic mass is 9.97. The molecule has 0 aliphatic rings. The van der Waals surface area contributed by atoms with Crippen LogP contribution in [0.5, 0.6) is 0 Å². The molecule has 182 valence electrons. The van der Waals surface area contributed by atoms with Crippen molar-refractivity contribution in [3.05, 3.63) is 83.2 Å². The van der Waals surface area contributed by atoms with Gasteiger partial charge in [0.2, 0.25) is 0 Å². The van der Waals surface area contributed by atoms with Crippen LogP contribution in [0.3, 0.4) is 0 Å². The smallest absolute Gasteiger partial charge is 0.123 e. The minimum absolute atomic E-state index is 0.207. The maximum absolute atomic E-state index is 13.2. The molecule has 0 aliphatic carbocycles. The summed E-state index contributed by atoms with van der Waals surface area (Å²) in [6.07, 6.45) is 5.85. The van der Waals surface area contributed by atoms with E-state index in [1.807, 2.05) is 19.2 Å². The molecular weight excluding hydrogens is 441 g/mol. The zero-order chi connectivity index (χ0) is 24.5. The number of nitrogens with one attached hydrogen (secondary N) is 1. The second-order valence-corrected chi connectivity index (χ2v) is 9.95. The fraction of sp³-hybridized carbons (Fsp3) is 0.379. The lowest BCUT2D eigenvalue weighted by Crippen LogP contribution is -2.16. The molecule has 5 heteroatoms. The van der Waals surface area contributed by atoms with E-state index in [9.17, 15) is 4.39 Å². The van der Waals surface area contributed by atoms with E-state index in [2.05, 4.69) is 78.9 Å². The second-order valence-electron chi connectivity index (χ2n) is 9.07. The molecule has 0 radical (unpaired) electrons. The fourth-order valence-electron chi connectivity index (χ4n) is 4.07. The molecule has 0 saturated heterocycles. The summed E-state index contributed by atoms with van der Waals surface area (Å²) in [5, 5.41) is 0. The highest BCUT2D eigenvalue weighted by atomic mass is 32.2. The fourth-order valence-corrected chi connectivity index (χ4v) is 4.73. The van der Waals surface area contributed by atoms with Crippen LogP contribution in [0.4, 0.5) is 21.5 Å². The molecule has 1 N–H and O–H groups in total. The number of unbranched alkanes of at least 4 members (excludes halogenated alkanes) is 1. The van der Waals surface area contributed by atoms with Gasteiger partial charge in [-0.15, -0.1) is 0 Å². The first kappa shape index (κ1) is 26.0. The third kappa shape index (κ3) is 7.17. The predicted molar refractivity (Wildman–Crippen MR) is 148 cm³/mol. The minimum atomic E-state index is -0.207. The Labute approximate surface area is 209 Å². The molecule has 3 rings (SSSR count). The molecule has 3 nitrogen and oxygen atoms in total. The van der Waals surface area contributed by atoms with Crippen molar-refractivity contribution >= 4 is 29.0 Å². The summed E-state index contributed by atoms with van der Waals surface area (Å²) in [5.41, 5.74) is 7.57. The van der Waals surface area contributed by atoms with Crippen LogP contribution >= 0.6 is 11.9 Å². The Morgan fingerprint density at radius 2 is 1.50 bits per heavy atom. The predicted octanol–water partition coefficient (Wildman–Crippen LogP) is 7.94. The maximum Gasteiger partial charge on any atom is 0.123 e. The molecule has 0 heterocycles. The minimum Gasteiger partial charge on any atom is -0.376 e. The van der Waals surface area contributed by atoms with Gasteiger partial charge in [0.25, 0.3) is 0 Å². The van der Waals surface area contributed by atoms with E-state index in [1.54, 1.807) is 11.9 Å². The van der Waals surface area contributed by atoms with Gasteiger partial charge in [-0.05, 0) is 96.4 Å². The number of rotatable bonds is 12. The van der Waals surface area contributed by atoms with Crippen LogP contribution in [0, 0.1) is 5.82 Å². The highest BCUT2D eigenvalue weighted by Gasteiger charge is 2.12. The Hall–Kier alpha value is -2.66. The molecule has 34 heavy (non-hydrogen) atoms. The molecule has 0 amide bonds. The topological polar surface area (TPSA) is 18.5 Å². The Balaban J connectivity index is 1.69. The highest BCUT2D eigenvalue weighted by Crippen LogP contribution is 2.34. The van der Waals surface area contributed by atoms with Gasteiger partial charge in [0.1, 0.15) is 5.82 Å². The molecule has 0 saturated carbocycles. The first-order valence-electron chi connectivity index (χ1n) is 12.2. The Morgan fingerprint density at radius 1 is 0.824 bits per heavy atom. The monoisotopic (exact) mass is 479 g/mol. The van der Waals surface area contributed by atoms with Gasteiger partial charge in [-0.25, -0.2) is 4.39 Å². The molecule has 3 aromatic carbocycles. The lowest BCUT2D eigenvalue weighted by molar-refractivity contribution is 0.627. The average Bonchev–Trinajstić information content (AvgIpc) is 2.83. The van der Waals surface area contributed by atoms with Gasteiger partial charge in [-0.3, -0.25) is 0 Å². The molecule has 3 aromatic rings. The van der Waals surface area contributed by atoms with E-state index >= 15 is 0 Å². The van der Waals surface area contributed by atoms with Gasteiger partial charge in [0, 0.05) is 38.3 Å². The van der Waals surface area contributed by atoms with Gasteiger partial charge in [0.05, 0.1) is 11.4 Å². The first-order valence-corrected chi connectivity index (χ1v) is 13.0. The van der Waals surface area contributed by atoms with E-state index in [0.717, 1.165) is 31.5 Å². The van der Waals surface area contributed by atoms with Crippen molar-refractivity contribution in [2.24, 2.45) is 0 Å². The Kier molecular flexibility index (Phi) is 9.70. The number of hydrogen-bond acceptors (Lipinski definition) is 4. The maximum atomic E-state index is 13.2. The summed E-state index contributed by atoms with van der Waals surface area (Å²) in [4.78, 5) is 5.49. The number of anilines is 3. The van der Waals surface area contributed by atoms with Crippen molar-refractivity contribution in [1.29, 1.82) is 0 Å². The van der Waals surface area contributed by atoms with Gasteiger partial charge in [-0.1, -0.05) is 38.8 Å². The zero-order valence-corrected chi connectivity index (χ0v) is 22.0. The molecule has 0 aliphatic heterocycles. The number of halogens is 1. The zero-order valence-electron chi connectivity index (χ0n) is 21.2. The van der Waals surface area contributed by atoms with Gasteiger partial charge >= 0.3 is 0 Å². The Morgan fingerprint density at radius 3 is 2.12 bits per heavy atom. The van der Waals surface area contributed by atoms with E-state index in [4.69, 9.17) is 0 Å². The lowest BCUT2D eigenvalue weighted by Gasteiger charge is -2.22. The molecule has 0 bridgehead atoms. The highest BCUT2D eigenvalue weighted by molar-refractivity contribution is 8.00.